The van der Waals surface area contributed by atoms with Gasteiger partial charge in [-0.15, -0.1) is 0 Å². The van der Waals surface area contributed by atoms with Crippen molar-refractivity contribution >= 4 is 0 Å². The van der Waals surface area contributed by atoms with E-state index in [0.29, 0.717) is 6.04 Å². The highest BCUT2D eigenvalue weighted by Crippen LogP contribution is 2.17. The molecular weight excluding hydrogens is 314 g/mol. The monoisotopic (exact) mass is 355 g/mol. The molecule has 0 radical (unpaired) electrons. The minimum Gasteiger partial charge on any atom is -0.324 e. The number of nitrogens with one attached hydrogen (secondary N) is 2. The van der Waals surface area contributed by atoms with E-state index in [2.05, 4.69) is 53.2 Å². The van der Waals surface area contributed by atoms with Crippen molar-refractivity contribution in [1.82, 2.24) is 25.6 Å². The second-order valence-electron chi connectivity index (χ2n) is 9.27. The Bertz CT molecular complexity index is 382. The largest absolute Gasteiger partial charge is 0.324 e. The van der Waals surface area contributed by atoms with E-state index in [1.54, 1.807) is 0 Å². The van der Waals surface area contributed by atoms with Crippen LogP contribution in [0.25, 0.3) is 0 Å². The van der Waals surface area contributed by atoms with Crippen LogP contribution in [0, 0.1) is 0 Å². The van der Waals surface area contributed by atoms with Crippen molar-refractivity contribution in [3.63, 3.8) is 0 Å². The van der Waals surface area contributed by atoms with Crippen LogP contribution < -0.4 is 22.2 Å². The maximum absolute atomic E-state index is 6.30. The lowest BCUT2D eigenvalue weighted by molar-refractivity contribution is 0.0437. The van der Waals surface area contributed by atoms with Crippen LogP contribution in [-0.2, 0) is 0 Å². The van der Waals surface area contributed by atoms with Crippen LogP contribution in [0.2, 0.25) is 0 Å². The van der Waals surface area contributed by atoms with Crippen LogP contribution in [0.3, 0.4) is 0 Å². The van der Waals surface area contributed by atoms with E-state index in [9.17, 15) is 0 Å². The van der Waals surface area contributed by atoms with E-state index in [1.165, 1.54) is 0 Å². The van der Waals surface area contributed by atoms with Gasteiger partial charge >= 0.3 is 0 Å². The van der Waals surface area contributed by atoms with Gasteiger partial charge in [-0.3, -0.25) is 15.2 Å². The van der Waals surface area contributed by atoms with Gasteiger partial charge in [0, 0.05) is 82.6 Å². The first-order valence-corrected chi connectivity index (χ1v) is 9.86. The molecule has 6 N–H and O–H groups in total. The molecule has 7 heteroatoms. The smallest absolute Gasteiger partial charge is 0.0256 e. The number of hydrogen-bond acceptors (Lipinski definition) is 7. The molecule has 1 unspecified atom stereocenters. The maximum Gasteiger partial charge on any atom is 0.0256 e. The lowest BCUT2D eigenvalue weighted by Gasteiger charge is -2.45. The summed E-state index contributed by atoms with van der Waals surface area (Å²) in [5.41, 5.74) is 15.9. The molecule has 0 saturated carbocycles. The molecule has 0 aromatic carbocycles. The molecule has 0 aromatic heterocycles. The molecule has 2 aliphatic rings. The molecule has 148 valence electrons. The summed E-state index contributed by atoms with van der Waals surface area (Å²) in [5.74, 6) is 0. The van der Waals surface area contributed by atoms with Gasteiger partial charge in [-0.1, -0.05) is 0 Å². The second-order valence-corrected chi connectivity index (χ2v) is 9.27. The van der Waals surface area contributed by atoms with Gasteiger partial charge in [0.05, 0.1) is 0 Å². The van der Waals surface area contributed by atoms with Gasteiger partial charge in [-0.2, -0.15) is 0 Å². The van der Waals surface area contributed by atoms with Gasteiger partial charge in [0.1, 0.15) is 0 Å². The molecule has 0 bridgehead atoms. The van der Waals surface area contributed by atoms with Gasteiger partial charge in [-0.25, -0.2) is 5.01 Å². The summed E-state index contributed by atoms with van der Waals surface area (Å²) in [6, 6.07) is 0.536. The van der Waals surface area contributed by atoms with Crippen molar-refractivity contribution in [2.45, 2.75) is 51.2 Å². The van der Waals surface area contributed by atoms with Crippen LogP contribution in [-0.4, -0.2) is 97.4 Å². The fourth-order valence-electron chi connectivity index (χ4n) is 3.89. The third-order valence-electron chi connectivity index (χ3n) is 4.86. The summed E-state index contributed by atoms with van der Waals surface area (Å²) in [5, 5.41) is 5.74. The van der Waals surface area contributed by atoms with Gasteiger partial charge < -0.3 is 16.8 Å². The van der Waals surface area contributed by atoms with Crippen LogP contribution in [0.15, 0.2) is 0 Å². The highest BCUT2D eigenvalue weighted by molar-refractivity contribution is 4.90. The molecule has 2 rings (SSSR count). The highest BCUT2D eigenvalue weighted by atomic mass is 15.5. The average molecular weight is 356 g/mol. The fraction of sp³-hybridized carbons (Fsp3) is 1.00. The predicted octanol–water partition coefficient (Wildman–Crippen LogP) is -0.753. The van der Waals surface area contributed by atoms with E-state index in [1.807, 2.05) is 0 Å². The molecule has 2 saturated heterocycles. The van der Waals surface area contributed by atoms with Crippen LogP contribution in [0.4, 0.5) is 0 Å². The molecule has 0 aliphatic carbocycles. The van der Waals surface area contributed by atoms with Crippen LogP contribution in [0.5, 0.6) is 0 Å². The van der Waals surface area contributed by atoms with E-state index in [0.717, 1.165) is 71.9 Å². The van der Waals surface area contributed by atoms with Crippen molar-refractivity contribution in [2.75, 3.05) is 65.4 Å². The first kappa shape index (κ1) is 21.0. The average Bonchev–Trinajstić information content (AvgIpc) is 2.48. The lowest BCUT2D eigenvalue weighted by Crippen LogP contribution is -2.61. The molecule has 1 atom stereocenters. The topological polar surface area (TPSA) is 85.8 Å². The Balaban J connectivity index is 1.86. The lowest BCUT2D eigenvalue weighted by atomic mass is 10.00. The first-order valence-electron chi connectivity index (χ1n) is 9.86. The Labute approximate surface area is 154 Å². The highest BCUT2D eigenvalue weighted by Gasteiger charge is 2.31. The van der Waals surface area contributed by atoms with Crippen LogP contribution in [0.1, 0.15) is 34.1 Å². The number of nitrogens with two attached hydrogens (primary N) is 2. The van der Waals surface area contributed by atoms with Crippen molar-refractivity contribution in [1.29, 1.82) is 0 Å². The molecule has 0 aromatic rings. The van der Waals surface area contributed by atoms with Crippen molar-refractivity contribution in [3.8, 4) is 0 Å². The minimum absolute atomic E-state index is 0.140. The summed E-state index contributed by atoms with van der Waals surface area (Å²) in [4.78, 5) is 5.11. The molecule has 0 spiro atoms. The zero-order valence-corrected chi connectivity index (χ0v) is 16.9. The molecule has 7 nitrogen and oxygen atoms in total. The van der Waals surface area contributed by atoms with Crippen LogP contribution >= 0.6 is 0 Å². The van der Waals surface area contributed by atoms with E-state index in [4.69, 9.17) is 11.5 Å². The SMILES string of the molecule is CC(C)(N)CN1CCN(CC(C)(C)N)C(CCNN2CCNCC2)C1. The molecule has 2 heterocycles. The third kappa shape index (κ3) is 8.30. The standard InChI is InChI=1S/C18H41N7/c1-17(2,19)14-23-11-12-24(15-18(3,4)20)16(13-23)5-6-22-25-9-7-21-8-10-25/h16,21-22H,5-15,19-20H2,1-4H3. The number of piperazine rings is 2. The summed E-state index contributed by atoms with van der Waals surface area (Å²) in [6.07, 6.45) is 1.14. The summed E-state index contributed by atoms with van der Waals surface area (Å²) >= 11 is 0. The number of hydrazine groups is 1. The second kappa shape index (κ2) is 9.08. The third-order valence-corrected chi connectivity index (χ3v) is 4.86. The Morgan fingerprint density at radius 1 is 0.960 bits per heavy atom. The Hall–Kier alpha value is -0.280. The van der Waals surface area contributed by atoms with E-state index < -0.39 is 0 Å². The molecule has 25 heavy (non-hydrogen) atoms. The zero-order chi connectivity index (χ0) is 18.5. The Kier molecular flexibility index (Phi) is 7.64. The van der Waals surface area contributed by atoms with Gasteiger partial charge in [-0.05, 0) is 34.1 Å². The van der Waals surface area contributed by atoms with Gasteiger partial charge in [0.15, 0.2) is 0 Å². The Morgan fingerprint density at radius 3 is 2.20 bits per heavy atom. The zero-order valence-electron chi connectivity index (χ0n) is 16.9. The van der Waals surface area contributed by atoms with Gasteiger partial charge in [0.2, 0.25) is 0 Å². The number of hydrogen-bond donors (Lipinski definition) is 4. The maximum atomic E-state index is 6.30. The predicted molar refractivity (Wildman–Crippen MR) is 105 cm³/mol. The summed E-state index contributed by atoms with van der Waals surface area (Å²) in [6.45, 7) is 18.9. The van der Waals surface area contributed by atoms with Crippen molar-refractivity contribution in [2.24, 2.45) is 11.5 Å². The van der Waals surface area contributed by atoms with Gasteiger partial charge in [0.25, 0.3) is 0 Å². The number of rotatable bonds is 8. The summed E-state index contributed by atoms with van der Waals surface area (Å²) < 4.78 is 0. The molecule has 0 amide bonds. The normalized spacial score (nSPS) is 25.4. The quantitative estimate of drug-likeness (QED) is 0.456. The van der Waals surface area contributed by atoms with E-state index >= 15 is 0 Å². The van der Waals surface area contributed by atoms with E-state index in [-0.39, 0.29) is 11.1 Å². The minimum atomic E-state index is -0.153. The molecule has 2 fully saturated rings. The van der Waals surface area contributed by atoms with Crippen molar-refractivity contribution in [3.05, 3.63) is 0 Å². The molecular formula is C18H41N7. The Morgan fingerprint density at radius 2 is 1.60 bits per heavy atom. The number of nitrogens with zero attached hydrogens (tertiary/aromatic N) is 3. The first-order chi connectivity index (χ1) is 11.6. The fourth-order valence-corrected chi connectivity index (χ4v) is 3.89. The summed E-state index contributed by atoms with van der Waals surface area (Å²) in [7, 11) is 0. The molecule has 2 aliphatic heterocycles. The van der Waals surface area contributed by atoms with Crippen molar-refractivity contribution < 1.29 is 0 Å².